The smallest absolute Gasteiger partial charge is 0.283 e. The van der Waals surface area contributed by atoms with Gasteiger partial charge in [0.15, 0.2) is 11.3 Å². The Bertz CT molecular complexity index is 1210. The number of hydrogen-bond acceptors (Lipinski definition) is 6. The largest absolute Gasteiger partial charge is 0.462 e. The van der Waals surface area contributed by atoms with Crippen LogP contribution >= 0.6 is 0 Å². The number of amidine groups is 1. The maximum absolute atomic E-state index is 6.25. The summed E-state index contributed by atoms with van der Waals surface area (Å²) in [5, 5.41) is 0. The zero-order valence-electron chi connectivity index (χ0n) is 16.9. The van der Waals surface area contributed by atoms with Gasteiger partial charge in [-0.2, -0.15) is 0 Å². The van der Waals surface area contributed by atoms with Gasteiger partial charge in [-0.15, -0.1) is 0 Å². The van der Waals surface area contributed by atoms with Crippen molar-refractivity contribution in [2.45, 2.75) is 31.7 Å². The van der Waals surface area contributed by atoms with Gasteiger partial charge in [0.1, 0.15) is 12.4 Å². The Morgan fingerprint density at radius 1 is 1.03 bits per heavy atom. The van der Waals surface area contributed by atoms with Crippen LogP contribution in [-0.2, 0) is 10.3 Å². The molecule has 2 atom stereocenters. The Hall–Kier alpha value is -3.41. The van der Waals surface area contributed by atoms with E-state index in [0.717, 1.165) is 40.1 Å². The Morgan fingerprint density at radius 2 is 1.87 bits per heavy atom. The summed E-state index contributed by atoms with van der Waals surface area (Å²) in [5.74, 6) is 1.91. The minimum absolute atomic E-state index is 0.200. The molecule has 0 radical (unpaired) electrons. The molecule has 2 aromatic heterocycles. The number of benzene rings is 1. The van der Waals surface area contributed by atoms with Crippen molar-refractivity contribution < 1.29 is 9.47 Å². The first-order valence-electron chi connectivity index (χ1n) is 10.2. The number of fused-ring (bicyclic) bond motifs is 4. The standard InChI is InChI=1S/C24H22N4O2/c1-23(2)10-18(23)19-9-17-21(12-27-19)30-20-6-5-14(15-4-3-7-26-11-15)8-16(20)24(17)13-29-22(25)28-24/h3-9,11-12,18H,10,13H2,1-2H3,(H2,25,28)/t18?,24-/m1/s1. The second-order valence-corrected chi connectivity index (χ2v) is 9.00. The van der Waals surface area contributed by atoms with Crippen molar-refractivity contribution >= 4 is 6.02 Å². The van der Waals surface area contributed by atoms with E-state index < -0.39 is 5.54 Å². The molecule has 1 aromatic carbocycles. The van der Waals surface area contributed by atoms with Gasteiger partial charge in [0, 0.05) is 40.7 Å². The van der Waals surface area contributed by atoms with E-state index in [9.17, 15) is 0 Å². The van der Waals surface area contributed by atoms with Gasteiger partial charge in [-0.05, 0) is 41.7 Å². The van der Waals surface area contributed by atoms with Crippen molar-refractivity contribution in [3.63, 3.8) is 0 Å². The zero-order valence-corrected chi connectivity index (χ0v) is 16.9. The van der Waals surface area contributed by atoms with Crippen molar-refractivity contribution in [1.29, 1.82) is 0 Å². The molecule has 1 unspecified atom stereocenters. The number of nitrogens with zero attached hydrogens (tertiary/aromatic N) is 3. The molecule has 150 valence electrons. The van der Waals surface area contributed by atoms with Crippen LogP contribution in [0.2, 0.25) is 0 Å². The average Bonchev–Trinajstić information content (AvgIpc) is 3.22. The first-order chi connectivity index (χ1) is 14.5. The number of hydrogen-bond donors (Lipinski definition) is 1. The first-order valence-corrected chi connectivity index (χ1v) is 10.2. The predicted octanol–water partition coefficient (Wildman–Crippen LogP) is 4.35. The first kappa shape index (κ1) is 17.4. The maximum Gasteiger partial charge on any atom is 0.283 e. The van der Waals surface area contributed by atoms with Gasteiger partial charge in [-0.1, -0.05) is 26.0 Å². The van der Waals surface area contributed by atoms with Crippen molar-refractivity contribution in [3.8, 4) is 22.6 Å². The van der Waals surface area contributed by atoms with Crippen LogP contribution in [0, 0.1) is 5.41 Å². The Balaban J connectivity index is 1.54. The second-order valence-electron chi connectivity index (χ2n) is 9.00. The summed E-state index contributed by atoms with van der Waals surface area (Å²) in [6.07, 6.45) is 6.58. The van der Waals surface area contributed by atoms with Gasteiger partial charge >= 0.3 is 0 Å². The van der Waals surface area contributed by atoms with E-state index in [-0.39, 0.29) is 11.4 Å². The molecule has 1 saturated carbocycles. The van der Waals surface area contributed by atoms with E-state index in [1.807, 2.05) is 36.7 Å². The van der Waals surface area contributed by atoms with Crippen LogP contribution in [0.15, 0.2) is 60.0 Å². The van der Waals surface area contributed by atoms with E-state index in [2.05, 4.69) is 31.0 Å². The molecule has 3 aliphatic rings. The molecule has 2 N–H and O–H groups in total. The second kappa shape index (κ2) is 5.81. The predicted molar refractivity (Wildman–Crippen MR) is 113 cm³/mol. The van der Waals surface area contributed by atoms with Crippen LogP contribution in [0.3, 0.4) is 0 Å². The molecule has 30 heavy (non-hydrogen) atoms. The highest BCUT2D eigenvalue weighted by Crippen LogP contribution is 2.59. The van der Waals surface area contributed by atoms with Crippen molar-refractivity contribution in [2.24, 2.45) is 16.1 Å². The zero-order chi connectivity index (χ0) is 20.5. The van der Waals surface area contributed by atoms with Crippen LogP contribution in [0.5, 0.6) is 11.5 Å². The molecule has 6 heteroatoms. The van der Waals surface area contributed by atoms with Crippen LogP contribution in [0.25, 0.3) is 11.1 Å². The number of pyridine rings is 2. The average molecular weight is 398 g/mol. The lowest BCUT2D eigenvalue weighted by atomic mass is 9.80. The number of aliphatic imine (C=N–C) groups is 1. The molecule has 2 aliphatic heterocycles. The summed E-state index contributed by atoms with van der Waals surface area (Å²) in [4.78, 5) is 13.8. The van der Waals surface area contributed by atoms with Gasteiger partial charge < -0.3 is 15.2 Å². The number of ether oxygens (including phenoxy) is 2. The molecule has 1 spiro atoms. The monoisotopic (exact) mass is 398 g/mol. The highest BCUT2D eigenvalue weighted by Gasteiger charge is 2.51. The van der Waals surface area contributed by atoms with Crippen LogP contribution in [-0.4, -0.2) is 22.6 Å². The Labute approximate surface area is 174 Å². The Kier molecular flexibility index (Phi) is 3.38. The molecule has 1 fully saturated rings. The molecule has 0 saturated heterocycles. The van der Waals surface area contributed by atoms with Crippen molar-refractivity contribution in [1.82, 2.24) is 9.97 Å². The fourth-order valence-electron chi connectivity index (χ4n) is 4.65. The van der Waals surface area contributed by atoms with Crippen molar-refractivity contribution in [3.05, 3.63) is 71.8 Å². The lowest BCUT2D eigenvalue weighted by Crippen LogP contribution is -2.31. The SMILES string of the molecule is CC1(C)CC1c1cc2c(cn1)Oc1ccc(-c3cccnc3)cc1[C@]21COC(N)=N1. The van der Waals surface area contributed by atoms with E-state index >= 15 is 0 Å². The molecule has 0 amide bonds. The minimum Gasteiger partial charge on any atom is -0.462 e. The Morgan fingerprint density at radius 3 is 2.57 bits per heavy atom. The highest BCUT2D eigenvalue weighted by molar-refractivity contribution is 5.77. The summed E-state index contributed by atoms with van der Waals surface area (Å²) in [7, 11) is 0. The van der Waals surface area contributed by atoms with E-state index in [1.165, 1.54) is 0 Å². The van der Waals surface area contributed by atoms with E-state index in [4.69, 9.17) is 25.2 Å². The third kappa shape index (κ3) is 2.46. The van der Waals surface area contributed by atoms with Gasteiger partial charge in [0.05, 0.1) is 6.20 Å². The van der Waals surface area contributed by atoms with Crippen LogP contribution < -0.4 is 10.5 Å². The van der Waals surface area contributed by atoms with Crippen LogP contribution in [0.1, 0.15) is 43.0 Å². The molecule has 0 bridgehead atoms. The van der Waals surface area contributed by atoms with E-state index in [1.54, 1.807) is 6.20 Å². The molecule has 1 aliphatic carbocycles. The summed E-state index contributed by atoms with van der Waals surface area (Å²) >= 11 is 0. The number of aromatic nitrogens is 2. The highest BCUT2D eigenvalue weighted by atomic mass is 16.5. The normalized spacial score (nSPS) is 25.0. The molecular weight excluding hydrogens is 376 g/mol. The van der Waals surface area contributed by atoms with Crippen LogP contribution in [0.4, 0.5) is 0 Å². The molecule has 6 nitrogen and oxygen atoms in total. The molecule has 4 heterocycles. The van der Waals surface area contributed by atoms with Crippen molar-refractivity contribution in [2.75, 3.05) is 6.61 Å². The topological polar surface area (TPSA) is 82.6 Å². The fraction of sp³-hybridized carbons (Fsp3) is 0.292. The molecule has 6 rings (SSSR count). The summed E-state index contributed by atoms with van der Waals surface area (Å²) in [6.45, 7) is 4.89. The summed E-state index contributed by atoms with van der Waals surface area (Å²) < 4.78 is 12.0. The lowest BCUT2D eigenvalue weighted by molar-refractivity contribution is 0.264. The molecular formula is C24H22N4O2. The lowest BCUT2D eigenvalue weighted by Gasteiger charge is -2.33. The third-order valence-corrected chi connectivity index (χ3v) is 6.57. The third-order valence-electron chi connectivity index (χ3n) is 6.57. The fourth-order valence-corrected chi connectivity index (χ4v) is 4.65. The quantitative estimate of drug-likeness (QED) is 0.694. The van der Waals surface area contributed by atoms with E-state index in [0.29, 0.717) is 18.3 Å². The number of rotatable bonds is 2. The van der Waals surface area contributed by atoms with Gasteiger partial charge in [-0.3, -0.25) is 9.97 Å². The number of nitrogens with two attached hydrogens (primary N) is 1. The van der Waals surface area contributed by atoms with Gasteiger partial charge in [0.2, 0.25) is 0 Å². The molecule has 3 aromatic rings. The van der Waals surface area contributed by atoms with Gasteiger partial charge in [0.25, 0.3) is 6.02 Å². The summed E-state index contributed by atoms with van der Waals surface area (Å²) in [5.41, 5.74) is 10.6. The maximum atomic E-state index is 6.25. The van der Waals surface area contributed by atoms with Gasteiger partial charge in [-0.25, -0.2) is 4.99 Å². The minimum atomic E-state index is -0.734. The summed E-state index contributed by atoms with van der Waals surface area (Å²) in [6, 6.07) is 12.4.